The molecular weight excluding hydrogens is 211 g/mol. The van der Waals surface area contributed by atoms with Crippen LogP contribution in [0.1, 0.15) is 24.5 Å². The van der Waals surface area contributed by atoms with E-state index in [2.05, 4.69) is 9.97 Å². The van der Waals surface area contributed by atoms with E-state index in [4.69, 9.17) is 23.2 Å². The first-order valence-corrected chi connectivity index (χ1v) is 4.79. The number of hydrogen-bond donors (Lipinski definition) is 1. The summed E-state index contributed by atoms with van der Waals surface area (Å²) in [5.74, 6) is 0.279. The Balaban J connectivity index is 2.36. The Kier molecular flexibility index (Phi) is 2.41. The summed E-state index contributed by atoms with van der Waals surface area (Å²) in [5, 5.41) is 10.3. The number of aromatic nitrogens is 2. The van der Waals surface area contributed by atoms with Gasteiger partial charge >= 0.3 is 0 Å². The Bertz CT molecular complexity index is 308. The quantitative estimate of drug-likeness (QED) is 0.775. The fraction of sp³-hybridized carbons (Fsp3) is 0.500. The first kappa shape index (κ1) is 9.19. The molecule has 1 aliphatic rings. The molecule has 0 aromatic carbocycles. The van der Waals surface area contributed by atoms with Crippen molar-refractivity contribution in [3.63, 3.8) is 0 Å². The van der Waals surface area contributed by atoms with Crippen LogP contribution in [0.5, 0.6) is 0 Å². The van der Waals surface area contributed by atoms with Gasteiger partial charge in [0.05, 0.1) is 11.7 Å². The molecule has 3 nitrogen and oxygen atoms in total. The summed E-state index contributed by atoms with van der Waals surface area (Å²) in [5.41, 5.74) is 0.466. The fourth-order valence-corrected chi connectivity index (χ4v) is 1.78. The molecule has 0 aliphatic heterocycles. The van der Waals surface area contributed by atoms with Gasteiger partial charge in [0.2, 0.25) is 0 Å². The van der Waals surface area contributed by atoms with Crippen LogP contribution in [0, 0.1) is 5.92 Å². The lowest BCUT2D eigenvalue weighted by molar-refractivity contribution is 0.153. The summed E-state index contributed by atoms with van der Waals surface area (Å²) in [6.45, 7) is 0. The molecule has 1 aromatic heterocycles. The number of rotatable bonds is 2. The van der Waals surface area contributed by atoms with E-state index in [0.717, 1.165) is 12.8 Å². The highest BCUT2D eigenvalue weighted by Crippen LogP contribution is 2.43. The summed E-state index contributed by atoms with van der Waals surface area (Å²) in [6.07, 6.45) is 2.71. The van der Waals surface area contributed by atoms with E-state index in [-0.39, 0.29) is 16.2 Å². The van der Waals surface area contributed by atoms with Crippen LogP contribution in [0.15, 0.2) is 6.33 Å². The Morgan fingerprint density at radius 3 is 2.31 bits per heavy atom. The normalized spacial score (nSPS) is 18.7. The maximum absolute atomic E-state index is 9.77. The molecule has 1 unspecified atom stereocenters. The van der Waals surface area contributed by atoms with E-state index in [9.17, 15) is 5.11 Å². The Morgan fingerprint density at radius 1 is 1.31 bits per heavy atom. The SMILES string of the molecule is OC(c1c(Cl)ncnc1Cl)C1CC1. The van der Waals surface area contributed by atoms with Gasteiger partial charge in [0.15, 0.2) is 0 Å². The van der Waals surface area contributed by atoms with Crippen molar-refractivity contribution in [2.75, 3.05) is 0 Å². The molecule has 0 amide bonds. The summed E-state index contributed by atoms with van der Waals surface area (Å²) in [7, 11) is 0. The smallest absolute Gasteiger partial charge is 0.139 e. The van der Waals surface area contributed by atoms with Gasteiger partial charge in [-0.25, -0.2) is 9.97 Å². The predicted octanol–water partition coefficient (Wildman–Crippen LogP) is 2.23. The molecule has 1 fully saturated rings. The lowest BCUT2D eigenvalue weighted by atomic mass is 10.1. The largest absolute Gasteiger partial charge is 0.388 e. The van der Waals surface area contributed by atoms with Crippen LogP contribution in [-0.4, -0.2) is 15.1 Å². The molecule has 1 aliphatic carbocycles. The van der Waals surface area contributed by atoms with Crippen LogP contribution < -0.4 is 0 Å². The molecule has 0 saturated heterocycles. The van der Waals surface area contributed by atoms with Gasteiger partial charge < -0.3 is 5.11 Å². The molecule has 2 rings (SSSR count). The zero-order valence-corrected chi connectivity index (χ0v) is 8.26. The van der Waals surface area contributed by atoms with E-state index in [1.807, 2.05) is 0 Å². The van der Waals surface area contributed by atoms with Crippen molar-refractivity contribution >= 4 is 23.2 Å². The molecular formula is C8H8Cl2N2O. The third-order valence-corrected chi connectivity index (χ3v) is 2.75. The molecule has 1 N–H and O–H groups in total. The molecule has 1 aromatic rings. The van der Waals surface area contributed by atoms with Crippen molar-refractivity contribution < 1.29 is 5.11 Å². The Hall–Kier alpha value is -0.380. The van der Waals surface area contributed by atoms with E-state index < -0.39 is 6.10 Å². The van der Waals surface area contributed by atoms with Gasteiger partial charge in [-0.1, -0.05) is 23.2 Å². The highest BCUT2D eigenvalue weighted by atomic mass is 35.5. The predicted molar refractivity (Wildman–Crippen MR) is 49.7 cm³/mol. The second-order valence-electron chi connectivity index (χ2n) is 3.15. The number of aliphatic hydroxyl groups excluding tert-OH is 1. The average Bonchev–Trinajstić information content (AvgIpc) is 2.85. The molecule has 0 spiro atoms. The molecule has 1 heterocycles. The molecule has 1 saturated carbocycles. The zero-order valence-electron chi connectivity index (χ0n) is 6.74. The lowest BCUT2D eigenvalue weighted by Crippen LogP contribution is -2.03. The maximum Gasteiger partial charge on any atom is 0.139 e. The standard InChI is InChI=1S/C8H8Cl2N2O/c9-7-5(6(13)4-1-2-4)8(10)12-3-11-7/h3-4,6,13H,1-2H2. The highest BCUT2D eigenvalue weighted by molar-refractivity contribution is 6.34. The van der Waals surface area contributed by atoms with Crippen LogP contribution in [-0.2, 0) is 0 Å². The second-order valence-corrected chi connectivity index (χ2v) is 3.87. The van der Waals surface area contributed by atoms with E-state index >= 15 is 0 Å². The van der Waals surface area contributed by atoms with Crippen LogP contribution in [0.4, 0.5) is 0 Å². The number of nitrogens with zero attached hydrogens (tertiary/aromatic N) is 2. The van der Waals surface area contributed by atoms with Crippen LogP contribution >= 0.6 is 23.2 Å². The molecule has 0 radical (unpaired) electrons. The first-order valence-electron chi connectivity index (χ1n) is 4.04. The maximum atomic E-state index is 9.77. The summed E-state index contributed by atoms with van der Waals surface area (Å²) in [4.78, 5) is 7.56. The minimum absolute atomic E-state index is 0.249. The highest BCUT2D eigenvalue weighted by Gasteiger charge is 2.33. The summed E-state index contributed by atoms with van der Waals surface area (Å²) >= 11 is 11.6. The monoisotopic (exact) mass is 218 g/mol. The Labute approximate surface area is 85.7 Å². The van der Waals surface area contributed by atoms with Crippen molar-refractivity contribution in [2.24, 2.45) is 5.92 Å². The van der Waals surface area contributed by atoms with Gasteiger partial charge in [-0.05, 0) is 18.8 Å². The summed E-state index contributed by atoms with van der Waals surface area (Å²) in [6, 6.07) is 0. The zero-order chi connectivity index (χ0) is 9.42. The summed E-state index contributed by atoms with van der Waals surface area (Å²) < 4.78 is 0. The van der Waals surface area contributed by atoms with Gasteiger partial charge in [-0.2, -0.15) is 0 Å². The molecule has 13 heavy (non-hydrogen) atoms. The molecule has 5 heteroatoms. The van der Waals surface area contributed by atoms with Crippen LogP contribution in [0.3, 0.4) is 0 Å². The molecule has 70 valence electrons. The number of hydrogen-bond acceptors (Lipinski definition) is 3. The van der Waals surface area contributed by atoms with E-state index in [1.54, 1.807) is 0 Å². The van der Waals surface area contributed by atoms with Gasteiger partial charge in [0.25, 0.3) is 0 Å². The van der Waals surface area contributed by atoms with Crippen LogP contribution in [0.25, 0.3) is 0 Å². The molecule has 1 atom stereocenters. The second kappa shape index (κ2) is 3.40. The van der Waals surface area contributed by atoms with Gasteiger partial charge in [-0.3, -0.25) is 0 Å². The van der Waals surface area contributed by atoms with Gasteiger partial charge in [-0.15, -0.1) is 0 Å². The van der Waals surface area contributed by atoms with Crippen LogP contribution in [0.2, 0.25) is 10.3 Å². The van der Waals surface area contributed by atoms with Crippen molar-refractivity contribution in [3.05, 3.63) is 22.2 Å². The minimum atomic E-state index is -0.610. The van der Waals surface area contributed by atoms with Gasteiger partial charge in [0.1, 0.15) is 16.6 Å². The topological polar surface area (TPSA) is 46.0 Å². The third kappa shape index (κ3) is 1.77. The van der Waals surface area contributed by atoms with Crippen molar-refractivity contribution in [2.45, 2.75) is 18.9 Å². The number of aliphatic hydroxyl groups is 1. The average molecular weight is 219 g/mol. The molecule has 0 bridgehead atoms. The first-order chi connectivity index (χ1) is 6.20. The lowest BCUT2D eigenvalue weighted by Gasteiger charge is -2.11. The third-order valence-electron chi connectivity index (χ3n) is 2.15. The van der Waals surface area contributed by atoms with E-state index in [0.29, 0.717) is 5.56 Å². The van der Waals surface area contributed by atoms with Crippen molar-refractivity contribution in [1.82, 2.24) is 9.97 Å². The number of halogens is 2. The minimum Gasteiger partial charge on any atom is -0.388 e. The van der Waals surface area contributed by atoms with Crippen molar-refractivity contribution in [1.29, 1.82) is 0 Å². The van der Waals surface area contributed by atoms with Gasteiger partial charge in [0, 0.05) is 0 Å². The fourth-order valence-electron chi connectivity index (χ4n) is 1.25. The van der Waals surface area contributed by atoms with E-state index in [1.165, 1.54) is 6.33 Å². The van der Waals surface area contributed by atoms with Crippen molar-refractivity contribution in [3.8, 4) is 0 Å². The Morgan fingerprint density at radius 2 is 1.85 bits per heavy atom.